The summed E-state index contributed by atoms with van der Waals surface area (Å²) in [5.74, 6) is 0.761. The van der Waals surface area contributed by atoms with E-state index in [0.29, 0.717) is 11.4 Å². The van der Waals surface area contributed by atoms with Crippen LogP contribution in [0, 0.1) is 0 Å². The minimum absolute atomic E-state index is 0.182. The average Bonchev–Trinajstić information content (AvgIpc) is 2.49. The number of phenolic OH excluding ortho intramolecular Hbond substituents is 1. The number of hydrogen-bond acceptors (Lipinski definition) is 5. The summed E-state index contributed by atoms with van der Waals surface area (Å²) in [5, 5.41) is 23.6. The van der Waals surface area contributed by atoms with Crippen molar-refractivity contribution in [3.63, 3.8) is 0 Å². The zero-order valence-electron chi connectivity index (χ0n) is 10.6. The molecule has 0 saturated carbocycles. The molecule has 3 rings (SSSR count). The molecule has 20 heavy (non-hydrogen) atoms. The van der Waals surface area contributed by atoms with Gasteiger partial charge in [-0.3, -0.25) is 5.43 Å². The van der Waals surface area contributed by atoms with E-state index >= 15 is 0 Å². The first-order chi connectivity index (χ1) is 9.84. The molecule has 1 aromatic heterocycles. The first-order valence-electron chi connectivity index (χ1n) is 6.12. The molecule has 0 radical (unpaired) electrons. The summed E-state index contributed by atoms with van der Waals surface area (Å²) < 4.78 is 0. The predicted molar refractivity (Wildman–Crippen MR) is 78.9 cm³/mol. The molecule has 0 amide bonds. The lowest BCUT2D eigenvalue weighted by Crippen LogP contribution is -1.96. The Bertz CT molecular complexity index is 765. The van der Waals surface area contributed by atoms with Crippen LogP contribution in [0.2, 0.25) is 0 Å². The summed E-state index contributed by atoms with van der Waals surface area (Å²) in [7, 11) is 0. The van der Waals surface area contributed by atoms with E-state index in [-0.39, 0.29) is 5.75 Å². The van der Waals surface area contributed by atoms with Gasteiger partial charge < -0.3 is 5.11 Å². The van der Waals surface area contributed by atoms with Crippen molar-refractivity contribution in [2.75, 3.05) is 5.43 Å². The summed E-state index contributed by atoms with van der Waals surface area (Å²) >= 11 is 0. The van der Waals surface area contributed by atoms with Gasteiger partial charge in [0.2, 0.25) is 0 Å². The van der Waals surface area contributed by atoms with Gasteiger partial charge in [-0.1, -0.05) is 36.4 Å². The van der Waals surface area contributed by atoms with Crippen LogP contribution in [0.15, 0.2) is 59.8 Å². The minimum Gasteiger partial charge on any atom is -0.507 e. The van der Waals surface area contributed by atoms with E-state index in [1.807, 2.05) is 30.3 Å². The van der Waals surface area contributed by atoms with E-state index in [2.05, 4.69) is 20.7 Å². The second-order valence-electron chi connectivity index (χ2n) is 4.21. The van der Waals surface area contributed by atoms with Crippen LogP contribution in [0.5, 0.6) is 5.75 Å². The number of fused-ring (bicyclic) bond motifs is 1. The lowest BCUT2D eigenvalue weighted by molar-refractivity contribution is 0.474. The topological polar surface area (TPSA) is 70.4 Å². The van der Waals surface area contributed by atoms with Gasteiger partial charge in [0, 0.05) is 16.3 Å². The molecule has 0 atom stereocenters. The van der Waals surface area contributed by atoms with E-state index in [4.69, 9.17) is 0 Å². The largest absolute Gasteiger partial charge is 0.507 e. The Morgan fingerprint density at radius 1 is 1.05 bits per heavy atom. The zero-order chi connectivity index (χ0) is 13.8. The van der Waals surface area contributed by atoms with Gasteiger partial charge in [0.05, 0.1) is 12.4 Å². The standard InChI is InChI=1S/C15H12N4O/c20-14-8-4-2-6-12(14)10-17-19-15-13-7-3-1-5-11(13)9-16-18-15/h1-10,20H,(H,18,19). The van der Waals surface area contributed by atoms with Crippen LogP contribution in [0.3, 0.4) is 0 Å². The van der Waals surface area contributed by atoms with Gasteiger partial charge in [0.1, 0.15) is 5.75 Å². The molecule has 0 aliphatic carbocycles. The van der Waals surface area contributed by atoms with Crippen molar-refractivity contribution < 1.29 is 5.11 Å². The first-order valence-corrected chi connectivity index (χ1v) is 6.12. The van der Waals surface area contributed by atoms with Gasteiger partial charge in [-0.2, -0.15) is 10.2 Å². The van der Waals surface area contributed by atoms with Crippen molar-refractivity contribution in [2.24, 2.45) is 5.10 Å². The highest BCUT2D eigenvalue weighted by atomic mass is 16.3. The lowest BCUT2D eigenvalue weighted by Gasteiger charge is -2.03. The number of phenols is 1. The number of para-hydroxylation sites is 1. The van der Waals surface area contributed by atoms with E-state index in [1.165, 1.54) is 0 Å². The van der Waals surface area contributed by atoms with Gasteiger partial charge in [-0.15, -0.1) is 5.10 Å². The van der Waals surface area contributed by atoms with Crippen LogP contribution in [0.25, 0.3) is 10.8 Å². The third-order valence-corrected chi connectivity index (χ3v) is 2.88. The maximum Gasteiger partial charge on any atom is 0.176 e. The molecule has 0 fully saturated rings. The average molecular weight is 264 g/mol. The van der Waals surface area contributed by atoms with Gasteiger partial charge in [-0.05, 0) is 12.1 Å². The van der Waals surface area contributed by atoms with Crippen LogP contribution in [0.1, 0.15) is 5.56 Å². The molecule has 0 spiro atoms. The highest BCUT2D eigenvalue weighted by Gasteiger charge is 2.01. The SMILES string of the molecule is Oc1ccccc1C=NNc1nncc2ccccc12. The number of aromatic nitrogens is 2. The number of anilines is 1. The molecule has 0 bridgehead atoms. The summed E-state index contributed by atoms with van der Waals surface area (Å²) in [6, 6.07) is 14.8. The highest BCUT2D eigenvalue weighted by molar-refractivity contribution is 5.91. The fourth-order valence-corrected chi connectivity index (χ4v) is 1.87. The molecule has 0 aliphatic heterocycles. The molecule has 0 aliphatic rings. The molecule has 5 nitrogen and oxygen atoms in total. The summed E-state index contributed by atoms with van der Waals surface area (Å²) in [6.07, 6.45) is 3.24. The van der Waals surface area contributed by atoms with E-state index < -0.39 is 0 Å². The van der Waals surface area contributed by atoms with Gasteiger partial charge in [0.15, 0.2) is 5.82 Å². The van der Waals surface area contributed by atoms with Crippen LogP contribution in [-0.2, 0) is 0 Å². The van der Waals surface area contributed by atoms with Crippen LogP contribution in [-0.4, -0.2) is 21.5 Å². The number of hydrogen-bond donors (Lipinski definition) is 2. The maximum atomic E-state index is 9.63. The number of hydrazone groups is 1. The molecule has 3 aromatic rings. The fourth-order valence-electron chi connectivity index (χ4n) is 1.87. The van der Waals surface area contributed by atoms with Crippen molar-refractivity contribution in [2.45, 2.75) is 0 Å². The molecule has 1 heterocycles. The zero-order valence-corrected chi connectivity index (χ0v) is 10.6. The van der Waals surface area contributed by atoms with Gasteiger partial charge in [-0.25, -0.2) is 0 Å². The van der Waals surface area contributed by atoms with E-state index in [1.54, 1.807) is 30.6 Å². The van der Waals surface area contributed by atoms with Crippen molar-refractivity contribution in [3.05, 3.63) is 60.3 Å². The molecule has 2 N–H and O–H groups in total. The molecule has 98 valence electrons. The molecule has 0 unspecified atom stereocenters. The second-order valence-corrected chi connectivity index (χ2v) is 4.21. The Labute approximate surface area is 115 Å². The molecule has 5 heteroatoms. The third-order valence-electron chi connectivity index (χ3n) is 2.88. The van der Waals surface area contributed by atoms with Crippen molar-refractivity contribution in [3.8, 4) is 5.75 Å². The van der Waals surface area contributed by atoms with Crippen LogP contribution in [0.4, 0.5) is 5.82 Å². The van der Waals surface area contributed by atoms with Crippen molar-refractivity contribution in [1.29, 1.82) is 0 Å². The molecular weight excluding hydrogens is 252 g/mol. The van der Waals surface area contributed by atoms with Gasteiger partial charge in [0.25, 0.3) is 0 Å². The Hall–Kier alpha value is -2.95. The number of nitrogens with zero attached hydrogens (tertiary/aromatic N) is 3. The predicted octanol–water partition coefficient (Wildman–Crippen LogP) is 2.78. The quantitative estimate of drug-likeness (QED) is 0.563. The van der Waals surface area contributed by atoms with Crippen LogP contribution >= 0.6 is 0 Å². The number of aromatic hydroxyl groups is 1. The Kier molecular flexibility index (Phi) is 3.24. The van der Waals surface area contributed by atoms with Crippen LogP contribution < -0.4 is 5.43 Å². The minimum atomic E-state index is 0.182. The third kappa shape index (κ3) is 2.42. The number of nitrogens with one attached hydrogen (secondary N) is 1. The number of benzene rings is 2. The Morgan fingerprint density at radius 3 is 2.75 bits per heavy atom. The van der Waals surface area contributed by atoms with Gasteiger partial charge >= 0.3 is 0 Å². The summed E-state index contributed by atoms with van der Waals surface area (Å²) in [6.45, 7) is 0. The van der Waals surface area contributed by atoms with Crippen molar-refractivity contribution >= 4 is 22.8 Å². The fraction of sp³-hybridized carbons (Fsp3) is 0. The maximum absolute atomic E-state index is 9.63. The molecule has 2 aromatic carbocycles. The van der Waals surface area contributed by atoms with E-state index in [0.717, 1.165) is 10.8 Å². The van der Waals surface area contributed by atoms with Crippen molar-refractivity contribution in [1.82, 2.24) is 10.2 Å². The highest BCUT2D eigenvalue weighted by Crippen LogP contribution is 2.19. The molecule has 0 saturated heterocycles. The number of rotatable bonds is 3. The van der Waals surface area contributed by atoms with E-state index in [9.17, 15) is 5.11 Å². The Balaban J connectivity index is 1.86. The normalized spacial score (nSPS) is 11.0. The summed E-state index contributed by atoms with van der Waals surface area (Å²) in [5.41, 5.74) is 3.48. The smallest absolute Gasteiger partial charge is 0.176 e. The summed E-state index contributed by atoms with van der Waals surface area (Å²) in [4.78, 5) is 0. The lowest BCUT2D eigenvalue weighted by atomic mass is 10.2. The monoisotopic (exact) mass is 264 g/mol. The second kappa shape index (κ2) is 5.36. The first kappa shape index (κ1) is 12.1. The molecular formula is C15H12N4O. The Morgan fingerprint density at radius 2 is 1.85 bits per heavy atom.